The summed E-state index contributed by atoms with van der Waals surface area (Å²) in [5, 5.41) is 0. The predicted octanol–water partition coefficient (Wildman–Crippen LogP) is -0.586. The van der Waals surface area contributed by atoms with Gasteiger partial charge in [0.25, 0.3) is 0 Å². The summed E-state index contributed by atoms with van der Waals surface area (Å²) in [6.07, 6.45) is 0. The van der Waals surface area contributed by atoms with E-state index in [0.717, 1.165) is 0 Å². The van der Waals surface area contributed by atoms with Gasteiger partial charge in [-0.1, -0.05) is 0 Å². The van der Waals surface area contributed by atoms with Crippen molar-refractivity contribution in [3.63, 3.8) is 0 Å². The molecule has 0 heterocycles. The molecule has 0 saturated carbocycles. The molecule has 0 fully saturated rings. The molecule has 0 spiro atoms. The van der Waals surface area contributed by atoms with E-state index in [9.17, 15) is 0 Å². The van der Waals surface area contributed by atoms with Crippen molar-refractivity contribution in [3.8, 4) is 0 Å². The minimum Gasteiger partial charge on any atom is -0.759 e. The summed E-state index contributed by atoms with van der Waals surface area (Å²) in [5.74, 6) is 0. The van der Waals surface area contributed by atoms with Crippen molar-refractivity contribution in [1.82, 2.24) is 12.3 Å². The summed E-state index contributed by atoms with van der Waals surface area (Å²) in [6, 6.07) is 0. The Morgan fingerprint density at radius 2 is 1.00 bits per heavy atom. The number of rotatable bonds is 0. The maximum absolute atomic E-state index is 8.52. The third kappa shape index (κ3) is 200. The molecule has 0 unspecified atom stereocenters. The van der Waals surface area contributed by atoms with Gasteiger partial charge in [-0.3, -0.25) is 8.42 Å². The molecule has 0 aromatic rings. The topological polar surface area (TPSA) is 153 Å². The van der Waals surface area contributed by atoms with E-state index in [2.05, 4.69) is 0 Å². The number of hydrogen-bond acceptors (Lipinski definition) is 4. The molecule has 8 N–H and O–H groups in total. The fraction of sp³-hybridized carbons (Fsp3) is 0. The van der Waals surface area contributed by atoms with Crippen LogP contribution in [0.5, 0.6) is 0 Å². The van der Waals surface area contributed by atoms with Gasteiger partial charge in [-0.15, -0.1) is 0 Å². The van der Waals surface area contributed by atoms with Gasteiger partial charge in [0.1, 0.15) is 0 Å². The fourth-order valence-corrected chi connectivity index (χ4v) is 0. The van der Waals surface area contributed by atoms with Crippen LogP contribution in [0.2, 0.25) is 0 Å². The molecule has 6 nitrogen and oxygen atoms in total. The van der Waals surface area contributed by atoms with Crippen LogP contribution in [0, 0.1) is 41.7 Å². The van der Waals surface area contributed by atoms with Crippen LogP contribution in [0.1, 0.15) is 0 Å². The molecule has 8 heavy (non-hydrogen) atoms. The fourth-order valence-electron chi connectivity index (χ4n) is 0. The first kappa shape index (κ1) is 22.9. The standard InChI is InChI=1S/Ce.2H3N.H2O4S/c;;;1-5(2,3)4/h;2*1H3;(H2,1,2,3,4). The third-order valence-corrected chi connectivity index (χ3v) is 0. The second kappa shape index (κ2) is 8.17. The molecule has 0 rings (SSSR count). The average Bonchev–Trinajstić information content (AvgIpc) is 0.722. The first-order chi connectivity index (χ1) is 2.00. The normalized spacial score (nSPS) is 7.25. The average molecular weight is 272 g/mol. The van der Waals surface area contributed by atoms with Gasteiger partial charge in [0.15, 0.2) is 0 Å². The van der Waals surface area contributed by atoms with Crippen LogP contribution in [0.25, 0.3) is 0 Å². The molecule has 52 valence electrons. The smallest absolute Gasteiger partial charge is 0.0311 e. The first-order valence-corrected chi connectivity index (χ1v) is 2.00. The van der Waals surface area contributed by atoms with Gasteiger partial charge >= 0.3 is 0 Å². The third-order valence-electron chi connectivity index (χ3n) is 0. The molecule has 0 aliphatic rings. The molecule has 0 atom stereocenters. The molecule has 0 radical (unpaired) electrons. The zero-order valence-corrected chi connectivity index (χ0v) is 8.50. The maximum Gasteiger partial charge on any atom is 0.0311 e. The number of hydrogen-bond donors (Lipinski definition) is 2. The summed E-state index contributed by atoms with van der Waals surface area (Å²) in [5.41, 5.74) is 0. The Balaban J connectivity index is -0.0000000267. The van der Waals surface area contributed by atoms with Crippen LogP contribution in [0.15, 0.2) is 0 Å². The Bertz CT molecular complexity index is 97.2. The van der Waals surface area contributed by atoms with Gasteiger partial charge in [-0.2, -0.15) is 0 Å². The van der Waals surface area contributed by atoms with Gasteiger partial charge in [0, 0.05) is 52.1 Å². The van der Waals surface area contributed by atoms with E-state index >= 15 is 0 Å². The molecule has 0 aromatic carbocycles. The number of quaternary nitrogens is 2. The molecule has 8 heteroatoms. The zero-order chi connectivity index (χ0) is 4.50. The molecule has 0 amide bonds. The van der Waals surface area contributed by atoms with E-state index in [4.69, 9.17) is 17.5 Å². The van der Waals surface area contributed by atoms with E-state index in [1.807, 2.05) is 0 Å². The van der Waals surface area contributed by atoms with Crippen LogP contribution >= 0.6 is 0 Å². The van der Waals surface area contributed by atoms with E-state index in [0.29, 0.717) is 0 Å². The minimum absolute atomic E-state index is 0. The zero-order valence-electron chi connectivity index (χ0n) is 4.54. The quantitative estimate of drug-likeness (QED) is 0.447. The van der Waals surface area contributed by atoms with Gasteiger partial charge in [0.2, 0.25) is 0 Å². The Morgan fingerprint density at radius 3 is 1.00 bits per heavy atom. The second-order valence-corrected chi connectivity index (χ2v) is 1.22. The molecule has 0 bridgehead atoms. The summed E-state index contributed by atoms with van der Waals surface area (Å²) in [6.45, 7) is 0. The Morgan fingerprint density at radius 1 is 1.00 bits per heavy atom. The molecular weight excluding hydrogens is 264 g/mol. The first-order valence-electron chi connectivity index (χ1n) is 0.667. The van der Waals surface area contributed by atoms with Gasteiger partial charge in [-0.05, 0) is 0 Å². The molecular formula is H8CeN2O4S. The Labute approximate surface area is 81.2 Å². The van der Waals surface area contributed by atoms with Crippen molar-refractivity contribution >= 4 is 10.4 Å². The van der Waals surface area contributed by atoms with Gasteiger partial charge < -0.3 is 21.4 Å². The van der Waals surface area contributed by atoms with Crippen molar-refractivity contribution in [2.45, 2.75) is 0 Å². The van der Waals surface area contributed by atoms with Crippen molar-refractivity contribution in [2.24, 2.45) is 0 Å². The van der Waals surface area contributed by atoms with Crippen molar-refractivity contribution in [3.05, 3.63) is 0 Å². The summed E-state index contributed by atoms with van der Waals surface area (Å²) in [7, 11) is -5.17. The van der Waals surface area contributed by atoms with Gasteiger partial charge in [-0.25, -0.2) is 0 Å². The van der Waals surface area contributed by atoms with Crippen LogP contribution in [-0.4, -0.2) is 17.5 Å². The Kier molecular flexibility index (Phi) is 23.4. The van der Waals surface area contributed by atoms with E-state index in [1.54, 1.807) is 0 Å². The predicted molar refractivity (Wildman–Crippen MR) is 22.4 cm³/mol. The van der Waals surface area contributed by atoms with Crippen molar-refractivity contribution in [1.29, 1.82) is 0 Å². The van der Waals surface area contributed by atoms with Crippen LogP contribution in [0.4, 0.5) is 0 Å². The molecule has 0 saturated heterocycles. The van der Waals surface area contributed by atoms with E-state index < -0.39 is 10.4 Å². The maximum atomic E-state index is 8.52. The summed E-state index contributed by atoms with van der Waals surface area (Å²) in [4.78, 5) is 0. The van der Waals surface area contributed by atoms with Crippen LogP contribution in [-0.2, 0) is 10.4 Å². The minimum atomic E-state index is -5.17. The van der Waals surface area contributed by atoms with Crippen LogP contribution < -0.4 is 12.3 Å². The molecule has 0 aliphatic carbocycles. The Hall–Kier alpha value is 1.17. The van der Waals surface area contributed by atoms with E-state index in [-0.39, 0.29) is 54.0 Å². The second-order valence-electron chi connectivity index (χ2n) is 0.408. The molecule has 0 aliphatic heterocycles. The summed E-state index contributed by atoms with van der Waals surface area (Å²) < 4.78 is 34.1. The van der Waals surface area contributed by atoms with Crippen molar-refractivity contribution < 1.29 is 59.3 Å². The molecule has 0 aromatic heterocycles. The van der Waals surface area contributed by atoms with Gasteiger partial charge in [0.05, 0.1) is 0 Å². The van der Waals surface area contributed by atoms with Crippen LogP contribution in [0.3, 0.4) is 0 Å². The van der Waals surface area contributed by atoms with Crippen molar-refractivity contribution in [2.75, 3.05) is 0 Å². The largest absolute Gasteiger partial charge is 0.759 e. The monoisotopic (exact) mass is 272 g/mol. The van der Waals surface area contributed by atoms with E-state index in [1.165, 1.54) is 0 Å². The summed E-state index contributed by atoms with van der Waals surface area (Å²) >= 11 is 0. The SMILES string of the molecule is O=S(=O)([O-])[O-].[Ce].[NH4+].[NH4+].